The molecule has 2 rings (SSSR count). The van der Waals surface area contributed by atoms with Crippen molar-refractivity contribution in [1.82, 2.24) is 15.5 Å². The standard InChI is InChI=1S/C9H15N3O2S/c1-6-4-10-2-3-12(6)8(13)7-5-15-9(14)11-7/h6-7,10H,2-5H2,1H3,(H,11,14)/t6-,7-/m0/s1. The lowest BCUT2D eigenvalue weighted by atomic mass is 10.2. The quantitative estimate of drug-likeness (QED) is 0.644. The Morgan fingerprint density at radius 1 is 1.60 bits per heavy atom. The molecule has 2 atom stereocenters. The van der Waals surface area contributed by atoms with E-state index in [1.165, 1.54) is 11.8 Å². The zero-order valence-electron chi connectivity index (χ0n) is 8.66. The van der Waals surface area contributed by atoms with Crippen molar-refractivity contribution in [3.8, 4) is 0 Å². The van der Waals surface area contributed by atoms with Crippen molar-refractivity contribution in [3.63, 3.8) is 0 Å². The summed E-state index contributed by atoms with van der Waals surface area (Å²) in [6.45, 7) is 4.43. The lowest BCUT2D eigenvalue weighted by Crippen LogP contribution is -2.56. The molecule has 0 radical (unpaired) electrons. The minimum atomic E-state index is -0.317. The van der Waals surface area contributed by atoms with Gasteiger partial charge in [-0.2, -0.15) is 0 Å². The molecule has 2 N–H and O–H groups in total. The van der Waals surface area contributed by atoms with E-state index in [1.807, 2.05) is 11.8 Å². The van der Waals surface area contributed by atoms with Gasteiger partial charge in [-0.15, -0.1) is 0 Å². The fraction of sp³-hybridized carbons (Fsp3) is 0.778. The van der Waals surface area contributed by atoms with Crippen LogP contribution < -0.4 is 10.6 Å². The molecule has 5 nitrogen and oxygen atoms in total. The maximum Gasteiger partial charge on any atom is 0.279 e. The molecular weight excluding hydrogens is 214 g/mol. The van der Waals surface area contributed by atoms with Crippen molar-refractivity contribution in [2.24, 2.45) is 0 Å². The van der Waals surface area contributed by atoms with Gasteiger partial charge in [0.2, 0.25) is 5.91 Å². The third-order valence-corrected chi connectivity index (χ3v) is 3.64. The van der Waals surface area contributed by atoms with Crippen molar-refractivity contribution >= 4 is 22.9 Å². The fourth-order valence-corrected chi connectivity index (χ4v) is 2.66. The van der Waals surface area contributed by atoms with Gasteiger partial charge in [0.15, 0.2) is 0 Å². The van der Waals surface area contributed by atoms with Gasteiger partial charge in [0.25, 0.3) is 5.24 Å². The van der Waals surface area contributed by atoms with E-state index < -0.39 is 0 Å². The minimum absolute atomic E-state index is 0.0577. The molecule has 6 heteroatoms. The fourth-order valence-electron chi connectivity index (χ4n) is 1.89. The molecule has 0 aromatic rings. The number of piperazine rings is 1. The SMILES string of the molecule is C[C@H]1CNCCN1C(=O)[C@@H]1CSC(=O)N1. The van der Waals surface area contributed by atoms with Gasteiger partial charge in [-0.3, -0.25) is 9.59 Å². The van der Waals surface area contributed by atoms with Crippen LogP contribution in [0.2, 0.25) is 0 Å². The molecule has 0 saturated carbocycles. The summed E-state index contributed by atoms with van der Waals surface area (Å²) in [5.74, 6) is 0.622. The Labute approximate surface area is 93.0 Å². The number of nitrogens with zero attached hydrogens (tertiary/aromatic N) is 1. The summed E-state index contributed by atoms with van der Waals surface area (Å²) >= 11 is 1.19. The Kier molecular flexibility index (Phi) is 3.16. The molecular formula is C9H15N3O2S. The normalized spacial score (nSPS) is 31.5. The first kappa shape index (κ1) is 10.8. The summed E-state index contributed by atoms with van der Waals surface area (Å²) in [7, 11) is 0. The van der Waals surface area contributed by atoms with E-state index in [0.29, 0.717) is 5.75 Å². The zero-order chi connectivity index (χ0) is 10.8. The van der Waals surface area contributed by atoms with Crippen LogP contribution in [0.15, 0.2) is 0 Å². The Morgan fingerprint density at radius 2 is 2.40 bits per heavy atom. The number of carbonyl (C=O) groups is 2. The second-order valence-electron chi connectivity index (χ2n) is 3.88. The number of amides is 2. The van der Waals surface area contributed by atoms with E-state index in [-0.39, 0.29) is 23.2 Å². The van der Waals surface area contributed by atoms with Crippen LogP contribution in [-0.4, -0.2) is 53.5 Å². The van der Waals surface area contributed by atoms with Gasteiger partial charge in [0.1, 0.15) is 6.04 Å². The topological polar surface area (TPSA) is 61.4 Å². The number of rotatable bonds is 1. The van der Waals surface area contributed by atoms with Gasteiger partial charge in [0, 0.05) is 31.4 Å². The number of thioether (sulfide) groups is 1. The molecule has 2 aliphatic rings. The van der Waals surface area contributed by atoms with Crippen LogP contribution in [0.3, 0.4) is 0 Å². The van der Waals surface area contributed by atoms with Crippen LogP contribution in [0.4, 0.5) is 4.79 Å². The van der Waals surface area contributed by atoms with Crippen LogP contribution in [0.5, 0.6) is 0 Å². The predicted octanol–water partition coefficient (Wildman–Crippen LogP) is -0.368. The average Bonchev–Trinajstić information content (AvgIpc) is 2.65. The monoisotopic (exact) mass is 229 g/mol. The summed E-state index contributed by atoms with van der Waals surface area (Å²) in [6, 6.07) is -0.100. The molecule has 0 aromatic carbocycles. The van der Waals surface area contributed by atoms with E-state index in [2.05, 4.69) is 10.6 Å². The van der Waals surface area contributed by atoms with Crippen LogP contribution >= 0.6 is 11.8 Å². The molecule has 2 fully saturated rings. The zero-order valence-corrected chi connectivity index (χ0v) is 9.47. The Balaban J connectivity index is 1.97. The first-order chi connectivity index (χ1) is 7.18. The van der Waals surface area contributed by atoms with Crippen molar-refractivity contribution in [3.05, 3.63) is 0 Å². The number of hydrogen-bond acceptors (Lipinski definition) is 4. The summed E-state index contributed by atoms with van der Waals surface area (Å²) in [5, 5.41) is 5.83. The first-order valence-corrected chi connectivity index (χ1v) is 6.11. The van der Waals surface area contributed by atoms with E-state index in [4.69, 9.17) is 0 Å². The number of hydrogen-bond donors (Lipinski definition) is 2. The van der Waals surface area contributed by atoms with Crippen LogP contribution in [0, 0.1) is 0 Å². The molecule has 2 saturated heterocycles. The van der Waals surface area contributed by atoms with Gasteiger partial charge in [-0.25, -0.2) is 0 Å². The smallest absolute Gasteiger partial charge is 0.279 e. The van der Waals surface area contributed by atoms with Crippen molar-refractivity contribution < 1.29 is 9.59 Å². The number of nitrogens with one attached hydrogen (secondary N) is 2. The molecule has 15 heavy (non-hydrogen) atoms. The summed E-state index contributed by atoms with van der Waals surface area (Å²) in [4.78, 5) is 24.9. The van der Waals surface area contributed by atoms with Crippen LogP contribution in [-0.2, 0) is 4.79 Å². The Morgan fingerprint density at radius 3 is 3.00 bits per heavy atom. The van der Waals surface area contributed by atoms with Gasteiger partial charge >= 0.3 is 0 Å². The van der Waals surface area contributed by atoms with Gasteiger partial charge in [0.05, 0.1) is 0 Å². The second-order valence-corrected chi connectivity index (χ2v) is 4.87. The molecule has 84 valence electrons. The Bertz CT molecular complexity index is 285. The first-order valence-electron chi connectivity index (χ1n) is 5.13. The second kappa shape index (κ2) is 4.40. The third kappa shape index (κ3) is 2.26. The highest BCUT2D eigenvalue weighted by atomic mass is 32.2. The largest absolute Gasteiger partial charge is 0.336 e. The van der Waals surface area contributed by atoms with Gasteiger partial charge in [-0.05, 0) is 6.92 Å². The maximum atomic E-state index is 12.0. The van der Waals surface area contributed by atoms with E-state index >= 15 is 0 Å². The van der Waals surface area contributed by atoms with Crippen molar-refractivity contribution in [2.75, 3.05) is 25.4 Å². The van der Waals surface area contributed by atoms with Gasteiger partial charge in [-0.1, -0.05) is 11.8 Å². The van der Waals surface area contributed by atoms with E-state index in [1.54, 1.807) is 0 Å². The van der Waals surface area contributed by atoms with Gasteiger partial charge < -0.3 is 15.5 Å². The van der Waals surface area contributed by atoms with Crippen LogP contribution in [0.25, 0.3) is 0 Å². The van der Waals surface area contributed by atoms with Crippen molar-refractivity contribution in [1.29, 1.82) is 0 Å². The number of carbonyl (C=O) groups excluding carboxylic acids is 2. The molecule has 0 bridgehead atoms. The summed E-state index contributed by atoms with van der Waals surface area (Å²) in [5.41, 5.74) is 0. The lowest BCUT2D eigenvalue weighted by Gasteiger charge is -2.35. The summed E-state index contributed by atoms with van der Waals surface area (Å²) < 4.78 is 0. The molecule has 0 spiro atoms. The van der Waals surface area contributed by atoms with E-state index in [9.17, 15) is 9.59 Å². The molecule has 2 amide bonds. The molecule has 0 aromatic heterocycles. The highest BCUT2D eigenvalue weighted by molar-refractivity contribution is 8.14. The molecule has 2 heterocycles. The highest BCUT2D eigenvalue weighted by Crippen LogP contribution is 2.16. The Hall–Kier alpha value is -0.750. The lowest BCUT2D eigenvalue weighted by molar-refractivity contribution is -0.135. The summed E-state index contributed by atoms with van der Waals surface area (Å²) in [6.07, 6.45) is 0. The minimum Gasteiger partial charge on any atom is -0.336 e. The highest BCUT2D eigenvalue weighted by Gasteiger charge is 2.33. The predicted molar refractivity (Wildman–Crippen MR) is 58.8 cm³/mol. The maximum absolute atomic E-state index is 12.0. The average molecular weight is 229 g/mol. The third-order valence-electron chi connectivity index (χ3n) is 2.76. The van der Waals surface area contributed by atoms with Crippen molar-refractivity contribution in [2.45, 2.75) is 19.0 Å². The van der Waals surface area contributed by atoms with E-state index in [0.717, 1.165) is 19.6 Å². The van der Waals surface area contributed by atoms with Crippen LogP contribution in [0.1, 0.15) is 6.92 Å². The molecule has 0 unspecified atom stereocenters. The molecule has 2 aliphatic heterocycles. The molecule has 0 aliphatic carbocycles.